The molecular weight excluding hydrogens is 282 g/mol. The van der Waals surface area contributed by atoms with Gasteiger partial charge in [0.25, 0.3) is 0 Å². The lowest BCUT2D eigenvalue weighted by Gasteiger charge is -2.09. The average Bonchev–Trinajstić information content (AvgIpc) is 3.03. The summed E-state index contributed by atoms with van der Waals surface area (Å²) < 4.78 is 8.10. The smallest absolute Gasteiger partial charge is 0.243 e. The Hall–Kier alpha value is -1.85. The molecule has 0 radical (unpaired) electrons. The lowest BCUT2D eigenvalue weighted by Crippen LogP contribution is -2.08. The van der Waals surface area contributed by atoms with E-state index in [1.165, 1.54) is 5.56 Å². The molecule has 4 nitrogen and oxygen atoms in total. The van der Waals surface area contributed by atoms with Crippen molar-refractivity contribution >= 4 is 16.3 Å². The molecule has 0 aliphatic heterocycles. The molecule has 1 N–H and O–H groups in total. The number of nitrogens with zero attached hydrogens (tertiary/aromatic N) is 2. The van der Waals surface area contributed by atoms with Crippen LogP contribution in [0, 0.1) is 0 Å². The second-order valence-corrected chi connectivity index (χ2v) is 6.15. The molecule has 2 heterocycles. The predicted octanol–water partition coefficient (Wildman–Crippen LogP) is 4.03. The number of aromatic nitrogens is 2. The first-order valence-corrected chi connectivity index (χ1v) is 7.94. The normalized spacial score (nSPS) is 11.4. The average molecular weight is 301 g/mol. The van der Waals surface area contributed by atoms with E-state index in [1.807, 2.05) is 30.8 Å². The number of fused-ring (bicyclic) bond motifs is 1. The summed E-state index contributed by atoms with van der Waals surface area (Å²) in [6, 6.07) is 8.21. The molecule has 110 valence electrons. The fraction of sp³-hybridized carbons (Fsp3) is 0.312. The van der Waals surface area contributed by atoms with Gasteiger partial charge in [-0.1, -0.05) is 26.0 Å². The number of thiazole rings is 1. The van der Waals surface area contributed by atoms with Gasteiger partial charge < -0.3 is 10.1 Å². The third-order valence-corrected chi connectivity index (χ3v) is 4.16. The van der Waals surface area contributed by atoms with Crippen molar-refractivity contribution < 1.29 is 4.74 Å². The van der Waals surface area contributed by atoms with E-state index in [2.05, 4.69) is 40.7 Å². The van der Waals surface area contributed by atoms with Gasteiger partial charge in [-0.25, -0.2) is 0 Å². The van der Waals surface area contributed by atoms with E-state index < -0.39 is 0 Å². The van der Waals surface area contributed by atoms with Gasteiger partial charge in [0.05, 0.1) is 0 Å². The number of imidazole rings is 1. The van der Waals surface area contributed by atoms with Crippen molar-refractivity contribution in [2.45, 2.75) is 26.3 Å². The lowest BCUT2D eigenvalue weighted by atomic mass is 10.0. The lowest BCUT2D eigenvalue weighted by molar-refractivity contribution is 0.456. The molecule has 2 aromatic heterocycles. The minimum absolute atomic E-state index is 0.482. The zero-order valence-electron chi connectivity index (χ0n) is 12.5. The zero-order chi connectivity index (χ0) is 14.8. The Morgan fingerprint density at radius 1 is 1.38 bits per heavy atom. The molecule has 3 aromatic rings. The monoisotopic (exact) mass is 301 g/mol. The number of ether oxygens (including phenoxy) is 1. The summed E-state index contributed by atoms with van der Waals surface area (Å²) in [5, 5.41) is 5.20. The van der Waals surface area contributed by atoms with Crippen molar-refractivity contribution in [3.05, 3.63) is 47.1 Å². The maximum Gasteiger partial charge on any atom is 0.243 e. The fourth-order valence-corrected chi connectivity index (χ4v) is 3.00. The maximum absolute atomic E-state index is 6.03. The van der Waals surface area contributed by atoms with Crippen molar-refractivity contribution in [2.75, 3.05) is 7.05 Å². The summed E-state index contributed by atoms with van der Waals surface area (Å²) in [5.41, 5.74) is 2.31. The maximum atomic E-state index is 6.03. The van der Waals surface area contributed by atoms with Crippen molar-refractivity contribution in [3.8, 4) is 11.6 Å². The molecule has 0 aliphatic rings. The van der Waals surface area contributed by atoms with E-state index >= 15 is 0 Å². The zero-order valence-corrected chi connectivity index (χ0v) is 13.3. The van der Waals surface area contributed by atoms with Crippen LogP contribution in [0.2, 0.25) is 0 Å². The number of rotatable bonds is 5. The first-order valence-electron chi connectivity index (χ1n) is 7.06. The van der Waals surface area contributed by atoms with Crippen molar-refractivity contribution in [2.24, 2.45) is 0 Å². The van der Waals surface area contributed by atoms with Crippen molar-refractivity contribution in [3.63, 3.8) is 0 Å². The van der Waals surface area contributed by atoms with E-state index in [1.54, 1.807) is 11.3 Å². The molecule has 0 fully saturated rings. The molecule has 5 heteroatoms. The topological polar surface area (TPSA) is 38.6 Å². The summed E-state index contributed by atoms with van der Waals surface area (Å²) >= 11 is 1.61. The van der Waals surface area contributed by atoms with Crippen LogP contribution < -0.4 is 10.1 Å². The third kappa shape index (κ3) is 2.80. The standard InChI is InChI=1S/C16H19N3OS/c1-11(2)12-5-4-6-13(9-12)20-15-14(10-17-3)19-7-8-21-16(19)18-15/h4-9,11,17H,10H2,1-3H3. The Morgan fingerprint density at radius 3 is 3.00 bits per heavy atom. The molecule has 0 bridgehead atoms. The Labute approximate surface area is 128 Å². The van der Waals surface area contributed by atoms with Crippen molar-refractivity contribution in [1.29, 1.82) is 0 Å². The molecular formula is C16H19N3OS. The summed E-state index contributed by atoms with van der Waals surface area (Å²) in [6.07, 6.45) is 2.02. The van der Waals surface area contributed by atoms with Gasteiger partial charge in [0.2, 0.25) is 5.88 Å². The van der Waals surface area contributed by atoms with Gasteiger partial charge in [0.1, 0.15) is 11.4 Å². The predicted molar refractivity (Wildman–Crippen MR) is 86.4 cm³/mol. The van der Waals surface area contributed by atoms with E-state index in [0.29, 0.717) is 11.8 Å². The van der Waals surface area contributed by atoms with Gasteiger partial charge >= 0.3 is 0 Å². The SMILES string of the molecule is CNCc1c(Oc2cccc(C(C)C)c2)nc2sccn12. The first-order chi connectivity index (χ1) is 10.2. The number of nitrogens with one attached hydrogen (secondary N) is 1. The molecule has 0 saturated heterocycles. The molecule has 21 heavy (non-hydrogen) atoms. The second-order valence-electron chi connectivity index (χ2n) is 5.28. The molecule has 1 aromatic carbocycles. The molecule has 3 rings (SSSR count). The van der Waals surface area contributed by atoms with Gasteiger partial charge in [-0.2, -0.15) is 4.98 Å². The number of hydrogen-bond acceptors (Lipinski definition) is 4. The second kappa shape index (κ2) is 5.87. The Balaban J connectivity index is 1.95. The van der Waals surface area contributed by atoms with Crippen LogP contribution in [-0.4, -0.2) is 16.4 Å². The van der Waals surface area contributed by atoms with Gasteiger partial charge in [-0.05, 0) is 30.7 Å². The molecule has 0 unspecified atom stereocenters. The minimum atomic E-state index is 0.482. The van der Waals surface area contributed by atoms with Gasteiger partial charge in [-0.3, -0.25) is 4.40 Å². The van der Waals surface area contributed by atoms with Gasteiger partial charge in [-0.15, -0.1) is 11.3 Å². The first kappa shape index (κ1) is 14.1. The van der Waals surface area contributed by atoms with Crippen LogP contribution in [0.1, 0.15) is 31.0 Å². The van der Waals surface area contributed by atoms with Crippen LogP contribution >= 0.6 is 11.3 Å². The Kier molecular flexibility index (Phi) is 3.94. The largest absolute Gasteiger partial charge is 0.437 e. The quantitative estimate of drug-likeness (QED) is 0.773. The molecule has 0 atom stereocenters. The highest BCUT2D eigenvalue weighted by molar-refractivity contribution is 7.15. The van der Waals surface area contributed by atoms with E-state index in [0.717, 1.165) is 22.9 Å². The Bertz CT molecular complexity index is 745. The molecule has 0 saturated carbocycles. The highest BCUT2D eigenvalue weighted by Crippen LogP contribution is 2.29. The summed E-state index contributed by atoms with van der Waals surface area (Å²) in [6.45, 7) is 5.08. The Morgan fingerprint density at radius 2 is 2.24 bits per heavy atom. The third-order valence-electron chi connectivity index (χ3n) is 3.41. The highest BCUT2D eigenvalue weighted by atomic mass is 32.1. The van der Waals surface area contributed by atoms with Crippen LogP contribution in [0.3, 0.4) is 0 Å². The minimum Gasteiger partial charge on any atom is -0.437 e. The summed E-state index contributed by atoms with van der Waals surface area (Å²) in [7, 11) is 1.93. The molecule has 0 aliphatic carbocycles. The van der Waals surface area contributed by atoms with Crippen LogP contribution in [-0.2, 0) is 6.54 Å². The molecule has 0 spiro atoms. The van der Waals surface area contributed by atoms with Crippen LogP contribution in [0.25, 0.3) is 4.96 Å². The van der Waals surface area contributed by atoms with Crippen molar-refractivity contribution in [1.82, 2.24) is 14.7 Å². The summed E-state index contributed by atoms with van der Waals surface area (Å²) in [5.74, 6) is 2.00. The summed E-state index contributed by atoms with van der Waals surface area (Å²) in [4.78, 5) is 5.53. The number of hydrogen-bond donors (Lipinski definition) is 1. The van der Waals surface area contributed by atoms with E-state index in [9.17, 15) is 0 Å². The van der Waals surface area contributed by atoms with E-state index in [-0.39, 0.29) is 0 Å². The molecule has 0 amide bonds. The van der Waals surface area contributed by atoms with E-state index in [4.69, 9.17) is 4.74 Å². The fourth-order valence-electron chi connectivity index (χ4n) is 2.27. The van der Waals surface area contributed by atoms with Gasteiger partial charge in [0, 0.05) is 18.1 Å². The van der Waals surface area contributed by atoms with Crippen LogP contribution in [0.5, 0.6) is 11.6 Å². The van der Waals surface area contributed by atoms with Crippen LogP contribution in [0.15, 0.2) is 35.8 Å². The number of benzene rings is 1. The van der Waals surface area contributed by atoms with Crippen LogP contribution in [0.4, 0.5) is 0 Å². The van der Waals surface area contributed by atoms with Gasteiger partial charge in [0.15, 0.2) is 4.96 Å². The highest BCUT2D eigenvalue weighted by Gasteiger charge is 2.14.